The zero-order chi connectivity index (χ0) is 50.7. The Morgan fingerprint density at radius 1 is 0.218 bits per heavy atom. The lowest BCUT2D eigenvalue weighted by atomic mass is 9.97. The van der Waals surface area contributed by atoms with Crippen LogP contribution < -0.4 is 0 Å². The maximum absolute atomic E-state index is 2.48. The average molecular weight is 1060 g/mol. The van der Waals surface area contributed by atoms with Gasteiger partial charge in [-0.05, 0) is 130 Å². The van der Waals surface area contributed by atoms with Gasteiger partial charge in [0.2, 0.25) is 0 Å². The minimum Gasteiger partial charge on any atom is -0.309 e. The molecular formula is C72H40N2S4. The molecule has 0 aliphatic carbocycles. The SMILES string of the molecule is c1ccc2c(c1)sc1ccc(-n3c4ccccc4c4cc(-n5c6ccccc6c6c(-c7ccc8c(c7)sc7c(-c9ccc%10sc%11ccc(-c%12cccc%13c%12sc%12ccccc%12%13)cc%11c%10c9)cccc78)cccc65)ccc43)cc12. The smallest absolute Gasteiger partial charge is 0.0547 e. The fraction of sp³-hybridized carbons (Fsp3) is 0. The summed E-state index contributed by atoms with van der Waals surface area (Å²) in [5, 5.41) is 15.5. The molecular weight excluding hydrogens is 1020 g/mol. The maximum atomic E-state index is 2.48. The van der Waals surface area contributed by atoms with Crippen molar-refractivity contribution < 1.29 is 0 Å². The van der Waals surface area contributed by atoms with E-state index >= 15 is 0 Å². The fourth-order valence-corrected chi connectivity index (χ4v) is 17.7. The molecule has 0 radical (unpaired) electrons. The third-order valence-corrected chi connectivity index (χ3v) is 21.3. The topological polar surface area (TPSA) is 9.86 Å². The molecule has 0 unspecified atom stereocenters. The third kappa shape index (κ3) is 6.17. The molecule has 12 aromatic carbocycles. The van der Waals surface area contributed by atoms with Crippen LogP contribution in [0, 0.1) is 0 Å². The van der Waals surface area contributed by atoms with Gasteiger partial charge in [0.15, 0.2) is 0 Å². The summed E-state index contributed by atoms with van der Waals surface area (Å²) in [6, 6.07) is 91.3. The van der Waals surface area contributed by atoms with Crippen LogP contribution in [0.3, 0.4) is 0 Å². The van der Waals surface area contributed by atoms with Crippen LogP contribution >= 0.6 is 45.3 Å². The minimum absolute atomic E-state index is 1.15. The van der Waals surface area contributed by atoms with E-state index in [0.717, 1.165) is 5.69 Å². The van der Waals surface area contributed by atoms with E-state index in [2.05, 4.69) is 252 Å². The Kier molecular flexibility index (Phi) is 9.05. The molecule has 0 N–H and O–H groups in total. The van der Waals surface area contributed by atoms with E-state index in [0.29, 0.717) is 0 Å². The lowest BCUT2D eigenvalue weighted by Gasteiger charge is -2.11. The largest absolute Gasteiger partial charge is 0.309 e. The molecule has 0 amide bonds. The summed E-state index contributed by atoms with van der Waals surface area (Å²) in [4.78, 5) is 0. The molecule has 18 rings (SSSR count). The highest BCUT2D eigenvalue weighted by atomic mass is 32.1. The first-order valence-electron chi connectivity index (χ1n) is 26.5. The van der Waals surface area contributed by atoms with E-state index in [-0.39, 0.29) is 0 Å². The van der Waals surface area contributed by atoms with Gasteiger partial charge in [0, 0.05) is 114 Å². The minimum atomic E-state index is 1.15. The summed E-state index contributed by atoms with van der Waals surface area (Å²) in [7, 11) is 0. The van der Waals surface area contributed by atoms with Crippen LogP contribution in [0.25, 0.3) is 169 Å². The number of hydrogen-bond donors (Lipinski definition) is 0. The summed E-state index contributed by atoms with van der Waals surface area (Å²) in [5.41, 5.74) is 14.7. The quantitative estimate of drug-likeness (QED) is 0.163. The highest BCUT2D eigenvalue weighted by Gasteiger charge is 2.21. The van der Waals surface area contributed by atoms with Gasteiger partial charge in [-0.25, -0.2) is 0 Å². The van der Waals surface area contributed by atoms with Crippen molar-refractivity contribution in [3.63, 3.8) is 0 Å². The lowest BCUT2D eigenvalue weighted by Crippen LogP contribution is -1.95. The van der Waals surface area contributed by atoms with Crippen molar-refractivity contribution in [2.75, 3.05) is 0 Å². The Bertz CT molecular complexity index is 5600. The van der Waals surface area contributed by atoms with Crippen molar-refractivity contribution in [2.45, 2.75) is 0 Å². The highest BCUT2D eigenvalue weighted by Crippen LogP contribution is 2.48. The van der Waals surface area contributed by atoms with E-state index in [4.69, 9.17) is 0 Å². The Hall–Kier alpha value is -8.88. The molecule has 18 aromatic rings. The molecule has 362 valence electrons. The molecule has 0 saturated carbocycles. The van der Waals surface area contributed by atoms with Crippen molar-refractivity contribution >= 4 is 170 Å². The van der Waals surface area contributed by atoms with E-state index in [1.807, 2.05) is 45.3 Å². The summed E-state index contributed by atoms with van der Waals surface area (Å²) in [6.07, 6.45) is 0. The van der Waals surface area contributed by atoms with E-state index in [1.165, 1.54) is 163 Å². The van der Waals surface area contributed by atoms with Crippen molar-refractivity contribution in [2.24, 2.45) is 0 Å². The van der Waals surface area contributed by atoms with Gasteiger partial charge in [-0.2, -0.15) is 0 Å². The van der Waals surface area contributed by atoms with Gasteiger partial charge >= 0.3 is 0 Å². The number of thiophene rings is 4. The number of aromatic nitrogens is 2. The Morgan fingerprint density at radius 2 is 0.641 bits per heavy atom. The molecule has 78 heavy (non-hydrogen) atoms. The molecule has 6 heterocycles. The van der Waals surface area contributed by atoms with Crippen LogP contribution in [0.5, 0.6) is 0 Å². The molecule has 0 fully saturated rings. The first-order chi connectivity index (χ1) is 38.6. The van der Waals surface area contributed by atoms with Crippen LogP contribution in [-0.4, -0.2) is 9.13 Å². The van der Waals surface area contributed by atoms with Gasteiger partial charge in [0.05, 0.1) is 22.1 Å². The Labute approximate surface area is 462 Å². The molecule has 0 spiro atoms. The second-order valence-corrected chi connectivity index (χ2v) is 25.0. The van der Waals surface area contributed by atoms with Crippen LogP contribution in [0.15, 0.2) is 243 Å². The number of fused-ring (bicyclic) bond motifs is 18. The maximum Gasteiger partial charge on any atom is 0.0547 e. The number of rotatable bonds is 5. The molecule has 0 saturated heterocycles. The van der Waals surface area contributed by atoms with Gasteiger partial charge in [0.1, 0.15) is 0 Å². The number of benzene rings is 12. The second-order valence-electron chi connectivity index (χ2n) is 20.7. The average Bonchev–Trinajstić information content (AvgIpc) is 4.46. The van der Waals surface area contributed by atoms with Crippen LogP contribution in [0.2, 0.25) is 0 Å². The van der Waals surface area contributed by atoms with Gasteiger partial charge in [-0.3, -0.25) is 0 Å². The molecule has 0 aliphatic rings. The lowest BCUT2D eigenvalue weighted by molar-refractivity contribution is 1.17. The Morgan fingerprint density at radius 3 is 1.35 bits per heavy atom. The van der Waals surface area contributed by atoms with Gasteiger partial charge < -0.3 is 9.13 Å². The zero-order valence-corrected chi connectivity index (χ0v) is 44.9. The third-order valence-electron chi connectivity index (χ3n) is 16.5. The standard InChI is InChI=1S/C72H40N2S4/c1-5-21-60-49(12-1)56-39-44(29-32-62(56)73(60)45-30-35-68-59(40-45)51-14-4-7-24-64(51)75-68)74-61-22-6-2-15-55(61)70-46(16-11-23-63(70)74)43-26-31-52-54-20-10-18-48(72(54)78-69(52)38-43)42-28-34-67-58(37-42)57-36-41(27-33-66(57)76-67)47-17-9-19-53-50-13-3-8-25-65(50)77-71(47)53/h1-40H. The van der Waals surface area contributed by atoms with Crippen molar-refractivity contribution in [1.82, 2.24) is 9.13 Å². The van der Waals surface area contributed by atoms with Crippen molar-refractivity contribution in [1.29, 1.82) is 0 Å². The van der Waals surface area contributed by atoms with Crippen molar-refractivity contribution in [3.05, 3.63) is 243 Å². The molecule has 0 bridgehead atoms. The Balaban J connectivity index is 0.749. The molecule has 2 nitrogen and oxygen atoms in total. The predicted molar refractivity (Wildman–Crippen MR) is 343 cm³/mol. The summed E-state index contributed by atoms with van der Waals surface area (Å²) < 4.78 is 15.5. The summed E-state index contributed by atoms with van der Waals surface area (Å²) in [5.74, 6) is 0. The summed E-state index contributed by atoms with van der Waals surface area (Å²) >= 11 is 7.57. The van der Waals surface area contributed by atoms with Gasteiger partial charge in [-0.1, -0.05) is 146 Å². The molecule has 0 atom stereocenters. The van der Waals surface area contributed by atoms with Crippen LogP contribution in [0.4, 0.5) is 0 Å². The van der Waals surface area contributed by atoms with Crippen LogP contribution in [-0.2, 0) is 0 Å². The van der Waals surface area contributed by atoms with E-state index in [9.17, 15) is 0 Å². The fourth-order valence-electron chi connectivity index (χ4n) is 13.0. The first-order valence-corrected chi connectivity index (χ1v) is 29.7. The first kappa shape index (κ1) is 43.2. The molecule has 0 aliphatic heterocycles. The number of nitrogens with zero attached hydrogens (tertiary/aromatic N) is 2. The number of hydrogen-bond acceptors (Lipinski definition) is 4. The van der Waals surface area contributed by atoms with Gasteiger partial charge in [-0.15, -0.1) is 45.3 Å². The monoisotopic (exact) mass is 1060 g/mol. The second kappa shape index (κ2) is 16.3. The molecule has 6 heteroatoms. The molecule has 6 aromatic heterocycles. The summed E-state index contributed by atoms with van der Waals surface area (Å²) in [6.45, 7) is 0. The van der Waals surface area contributed by atoms with Crippen molar-refractivity contribution in [3.8, 4) is 44.8 Å². The highest BCUT2D eigenvalue weighted by molar-refractivity contribution is 7.27. The normalized spacial score (nSPS) is 12.4. The number of para-hydroxylation sites is 2. The van der Waals surface area contributed by atoms with E-state index in [1.54, 1.807) is 0 Å². The predicted octanol–water partition coefficient (Wildman–Crippen LogP) is 22.4. The zero-order valence-electron chi connectivity index (χ0n) is 41.6. The van der Waals surface area contributed by atoms with Crippen LogP contribution in [0.1, 0.15) is 0 Å². The van der Waals surface area contributed by atoms with E-state index < -0.39 is 0 Å². The van der Waals surface area contributed by atoms with Gasteiger partial charge in [0.25, 0.3) is 0 Å².